The van der Waals surface area contributed by atoms with E-state index in [9.17, 15) is 4.79 Å². The second-order valence-corrected chi connectivity index (χ2v) is 6.55. The Hall–Kier alpha value is -1.51. The zero-order chi connectivity index (χ0) is 16.4. The Morgan fingerprint density at radius 1 is 1.32 bits per heavy atom. The molecular formula is C19H28O3. The molecule has 22 heavy (non-hydrogen) atoms. The van der Waals surface area contributed by atoms with E-state index in [1.807, 2.05) is 6.92 Å². The average Bonchev–Trinajstić information content (AvgIpc) is 3.23. The smallest absolute Gasteiger partial charge is 0.308 e. The lowest BCUT2D eigenvalue weighted by molar-refractivity contribution is -0.142. The maximum Gasteiger partial charge on any atom is 0.308 e. The van der Waals surface area contributed by atoms with Crippen molar-refractivity contribution in [2.75, 3.05) is 13.7 Å². The first-order valence-electron chi connectivity index (χ1n) is 8.21. The summed E-state index contributed by atoms with van der Waals surface area (Å²) in [6.45, 7) is 11.4. The van der Waals surface area contributed by atoms with Crippen molar-refractivity contribution in [3.8, 4) is 5.75 Å². The largest absolute Gasteiger partial charge is 0.494 e. The molecular weight excluding hydrogens is 276 g/mol. The molecule has 0 heterocycles. The highest BCUT2D eigenvalue weighted by molar-refractivity contribution is 5.75. The lowest BCUT2D eigenvalue weighted by Crippen LogP contribution is -2.08. The summed E-state index contributed by atoms with van der Waals surface area (Å²) in [6, 6.07) is 2.16. The number of ether oxygens (including phenoxy) is 2. The lowest BCUT2D eigenvalue weighted by atomic mass is 9.86. The third-order valence-electron chi connectivity index (χ3n) is 4.98. The summed E-state index contributed by atoms with van der Waals surface area (Å²) < 4.78 is 10.6. The van der Waals surface area contributed by atoms with Gasteiger partial charge in [-0.15, -0.1) is 0 Å². The van der Waals surface area contributed by atoms with Crippen LogP contribution in [-0.2, 0) is 9.53 Å². The lowest BCUT2D eigenvalue weighted by Gasteiger charge is -2.21. The Labute approximate surface area is 134 Å². The van der Waals surface area contributed by atoms with Crippen molar-refractivity contribution in [3.63, 3.8) is 0 Å². The van der Waals surface area contributed by atoms with Crippen molar-refractivity contribution >= 4 is 5.97 Å². The van der Waals surface area contributed by atoms with Gasteiger partial charge in [0.2, 0.25) is 0 Å². The minimum absolute atomic E-state index is 0.0477. The third kappa shape index (κ3) is 3.29. The summed E-state index contributed by atoms with van der Waals surface area (Å²) >= 11 is 0. The number of rotatable bonds is 6. The third-order valence-corrected chi connectivity index (χ3v) is 4.98. The normalized spacial score (nSPS) is 21.4. The molecule has 1 aromatic carbocycles. The Morgan fingerprint density at radius 3 is 2.59 bits per heavy atom. The van der Waals surface area contributed by atoms with Gasteiger partial charge in [0.25, 0.3) is 0 Å². The highest BCUT2D eigenvalue weighted by atomic mass is 16.5. The SMILES string of the molecule is CCOc1cc(C)c(C(C)CC2CC2C(=O)OC)c(C)c1C. The first-order chi connectivity index (χ1) is 10.4. The van der Waals surface area contributed by atoms with Gasteiger partial charge in [0.05, 0.1) is 19.6 Å². The van der Waals surface area contributed by atoms with Crippen molar-refractivity contribution in [3.05, 3.63) is 28.3 Å². The first-order valence-corrected chi connectivity index (χ1v) is 8.21. The quantitative estimate of drug-likeness (QED) is 0.735. The van der Waals surface area contributed by atoms with E-state index < -0.39 is 0 Å². The topological polar surface area (TPSA) is 35.5 Å². The number of carbonyl (C=O) groups is 1. The summed E-state index contributed by atoms with van der Waals surface area (Å²) in [5.74, 6) is 2.00. The Kier molecular flexibility index (Phi) is 5.15. The molecule has 3 heteroatoms. The maximum atomic E-state index is 11.6. The van der Waals surface area contributed by atoms with Crippen LogP contribution in [0.4, 0.5) is 0 Å². The predicted molar refractivity (Wildman–Crippen MR) is 88.5 cm³/mol. The molecule has 3 nitrogen and oxygen atoms in total. The molecule has 0 spiro atoms. The van der Waals surface area contributed by atoms with E-state index in [4.69, 9.17) is 9.47 Å². The van der Waals surface area contributed by atoms with Crippen LogP contribution in [0, 0.1) is 32.6 Å². The number of esters is 1. The molecule has 0 radical (unpaired) electrons. The molecule has 1 fully saturated rings. The summed E-state index contributed by atoms with van der Waals surface area (Å²) in [6.07, 6.45) is 2.03. The number of methoxy groups -OCH3 is 1. The van der Waals surface area contributed by atoms with Gasteiger partial charge >= 0.3 is 5.97 Å². The second kappa shape index (κ2) is 6.72. The summed E-state index contributed by atoms with van der Waals surface area (Å²) in [7, 11) is 1.48. The number of carbonyl (C=O) groups excluding carboxylic acids is 1. The summed E-state index contributed by atoms with van der Waals surface area (Å²) in [4.78, 5) is 11.6. The predicted octanol–water partition coefficient (Wildman–Crippen LogP) is 4.31. The van der Waals surface area contributed by atoms with Gasteiger partial charge in [-0.25, -0.2) is 0 Å². The van der Waals surface area contributed by atoms with Crippen LogP contribution in [0.3, 0.4) is 0 Å². The zero-order valence-electron chi connectivity index (χ0n) is 14.7. The number of hydrogen-bond acceptors (Lipinski definition) is 3. The summed E-state index contributed by atoms with van der Waals surface area (Å²) in [5.41, 5.74) is 5.26. The highest BCUT2D eigenvalue weighted by Crippen LogP contribution is 2.47. The first kappa shape index (κ1) is 16.9. The monoisotopic (exact) mass is 304 g/mol. The fourth-order valence-corrected chi connectivity index (χ4v) is 3.65. The molecule has 3 unspecified atom stereocenters. The molecule has 0 aromatic heterocycles. The van der Waals surface area contributed by atoms with E-state index in [2.05, 4.69) is 33.8 Å². The van der Waals surface area contributed by atoms with E-state index in [0.717, 1.165) is 18.6 Å². The van der Waals surface area contributed by atoms with E-state index in [1.54, 1.807) is 0 Å². The van der Waals surface area contributed by atoms with Gasteiger partial charge in [0.15, 0.2) is 0 Å². The van der Waals surface area contributed by atoms with E-state index in [-0.39, 0.29) is 11.9 Å². The molecule has 0 bridgehead atoms. The van der Waals surface area contributed by atoms with Crippen molar-refractivity contribution in [2.45, 2.75) is 53.4 Å². The van der Waals surface area contributed by atoms with E-state index >= 15 is 0 Å². The van der Waals surface area contributed by atoms with Gasteiger partial charge in [-0.2, -0.15) is 0 Å². The highest BCUT2D eigenvalue weighted by Gasteiger charge is 2.44. The van der Waals surface area contributed by atoms with Crippen molar-refractivity contribution < 1.29 is 14.3 Å². The van der Waals surface area contributed by atoms with Crippen molar-refractivity contribution in [1.82, 2.24) is 0 Å². The molecule has 0 saturated heterocycles. The van der Waals surface area contributed by atoms with Gasteiger partial charge in [0, 0.05) is 0 Å². The van der Waals surface area contributed by atoms with Crippen LogP contribution in [0.2, 0.25) is 0 Å². The molecule has 0 aliphatic heterocycles. The molecule has 0 amide bonds. The van der Waals surface area contributed by atoms with E-state index in [1.165, 1.54) is 29.4 Å². The minimum atomic E-state index is -0.0477. The molecule has 122 valence electrons. The number of aryl methyl sites for hydroxylation is 1. The van der Waals surface area contributed by atoms with Gasteiger partial charge in [0.1, 0.15) is 5.75 Å². The van der Waals surface area contributed by atoms with Gasteiger partial charge in [-0.3, -0.25) is 4.79 Å². The molecule has 2 rings (SSSR count). The molecule has 1 aliphatic carbocycles. The van der Waals surface area contributed by atoms with Crippen molar-refractivity contribution in [1.29, 1.82) is 0 Å². The summed E-state index contributed by atoms with van der Waals surface area (Å²) in [5, 5.41) is 0. The van der Waals surface area contributed by atoms with Crippen LogP contribution in [0.1, 0.15) is 54.9 Å². The van der Waals surface area contributed by atoms with Crippen LogP contribution in [0.5, 0.6) is 5.75 Å². The Morgan fingerprint density at radius 2 is 2.00 bits per heavy atom. The fourth-order valence-electron chi connectivity index (χ4n) is 3.65. The Balaban J connectivity index is 2.15. The fraction of sp³-hybridized carbons (Fsp3) is 0.632. The molecule has 3 atom stereocenters. The van der Waals surface area contributed by atoms with E-state index in [0.29, 0.717) is 18.4 Å². The zero-order valence-corrected chi connectivity index (χ0v) is 14.7. The van der Waals surface area contributed by atoms with Gasteiger partial charge < -0.3 is 9.47 Å². The van der Waals surface area contributed by atoms with Crippen LogP contribution in [-0.4, -0.2) is 19.7 Å². The van der Waals surface area contributed by atoms with Crippen LogP contribution >= 0.6 is 0 Å². The molecule has 1 aromatic rings. The minimum Gasteiger partial charge on any atom is -0.494 e. The van der Waals surface area contributed by atoms with Crippen LogP contribution in [0.25, 0.3) is 0 Å². The number of benzene rings is 1. The molecule has 0 N–H and O–H groups in total. The van der Waals surface area contributed by atoms with Crippen molar-refractivity contribution in [2.24, 2.45) is 11.8 Å². The second-order valence-electron chi connectivity index (χ2n) is 6.55. The van der Waals surface area contributed by atoms with Crippen LogP contribution < -0.4 is 4.74 Å². The molecule has 1 aliphatic rings. The Bertz CT molecular complexity index is 562. The average molecular weight is 304 g/mol. The van der Waals surface area contributed by atoms with Crippen LogP contribution in [0.15, 0.2) is 6.07 Å². The molecule has 1 saturated carbocycles. The van der Waals surface area contributed by atoms with Gasteiger partial charge in [-0.1, -0.05) is 6.92 Å². The maximum absolute atomic E-state index is 11.6. The number of hydrogen-bond donors (Lipinski definition) is 0. The van der Waals surface area contributed by atoms with Gasteiger partial charge in [-0.05, 0) is 80.7 Å². The standard InChI is InChI=1S/C19H28O3/c1-7-22-17-9-12(3)18(14(5)13(17)4)11(2)8-15-10-16(15)19(20)21-6/h9,11,15-16H,7-8,10H2,1-6H3.